The Balaban J connectivity index is 1.94. The van der Waals surface area contributed by atoms with Gasteiger partial charge in [0.25, 0.3) is 0 Å². The van der Waals surface area contributed by atoms with Gasteiger partial charge in [0.1, 0.15) is 5.65 Å². The maximum Gasteiger partial charge on any atom is 0.417 e. The molecule has 0 atom stereocenters. The number of nitrogen functional groups attached to an aromatic ring is 1. The van der Waals surface area contributed by atoms with Crippen LogP contribution in [0.4, 0.5) is 5.69 Å². The number of pyridine rings is 1. The van der Waals surface area contributed by atoms with E-state index in [4.69, 9.17) is 10.2 Å². The lowest BCUT2D eigenvalue weighted by Crippen LogP contribution is -1.92. The average molecular weight is 280 g/mol. The van der Waals surface area contributed by atoms with Crippen molar-refractivity contribution in [2.45, 2.75) is 6.92 Å². The van der Waals surface area contributed by atoms with Crippen LogP contribution in [-0.4, -0.2) is 14.4 Å². The zero-order chi connectivity index (χ0) is 14.6. The first-order chi connectivity index (χ1) is 10.1. The summed E-state index contributed by atoms with van der Waals surface area (Å²) in [7, 11) is 0. The third kappa shape index (κ3) is 1.80. The molecular formula is C15H12N4O2. The molecule has 0 aliphatic rings. The average Bonchev–Trinajstić information content (AvgIpc) is 2.99. The number of fused-ring (bicyclic) bond motifs is 2. The molecule has 0 aliphatic carbocycles. The Morgan fingerprint density at radius 3 is 3.00 bits per heavy atom. The van der Waals surface area contributed by atoms with Gasteiger partial charge in [-0.15, -0.1) is 0 Å². The molecule has 4 rings (SSSR count). The van der Waals surface area contributed by atoms with E-state index in [-0.39, 0.29) is 0 Å². The van der Waals surface area contributed by atoms with E-state index < -0.39 is 5.76 Å². The first kappa shape index (κ1) is 11.8. The Bertz CT molecular complexity index is 1040. The molecule has 0 unspecified atom stereocenters. The lowest BCUT2D eigenvalue weighted by atomic mass is 10.1. The molecule has 0 fully saturated rings. The van der Waals surface area contributed by atoms with Gasteiger partial charge in [0.05, 0.1) is 11.2 Å². The molecule has 0 saturated heterocycles. The second-order valence-corrected chi connectivity index (χ2v) is 5.04. The number of anilines is 1. The first-order valence-electron chi connectivity index (χ1n) is 6.48. The molecule has 0 aliphatic heterocycles. The van der Waals surface area contributed by atoms with E-state index >= 15 is 0 Å². The zero-order valence-electron chi connectivity index (χ0n) is 11.3. The fourth-order valence-electron chi connectivity index (χ4n) is 2.54. The number of imidazole rings is 1. The number of aromatic amines is 1. The molecule has 104 valence electrons. The van der Waals surface area contributed by atoms with Crippen molar-refractivity contribution in [2.75, 3.05) is 5.73 Å². The van der Waals surface area contributed by atoms with Gasteiger partial charge in [-0.25, -0.2) is 9.78 Å². The van der Waals surface area contributed by atoms with Crippen LogP contribution in [0.2, 0.25) is 0 Å². The highest BCUT2D eigenvalue weighted by molar-refractivity contribution is 5.79. The van der Waals surface area contributed by atoms with E-state index in [9.17, 15) is 4.79 Å². The van der Waals surface area contributed by atoms with Crippen LogP contribution in [0.15, 0.2) is 45.9 Å². The van der Waals surface area contributed by atoms with Crippen molar-refractivity contribution in [1.29, 1.82) is 0 Å². The number of nitrogens with zero attached hydrogens (tertiary/aromatic N) is 2. The number of rotatable bonds is 1. The van der Waals surface area contributed by atoms with Crippen molar-refractivity contribution in [3.63, 3.8) is 0 Å². The van der Waals surface area contributed by atoms with E-state index in [1.807, 2.05) is 35.9 Å². The fourth-order valence-corrected chi connectivity index (χ4v) is 2.54. The molecule has 3 N–H and O–H groups in total. The van der Waals surface area contributed by atoms with Gasteiger partial charge < -0.3 is 14.6 Å². The Labute approximate surface area is 118 Å². The van der Waals surface area contributed by atoms with Crippen LogP contribution in [0, 0.1) is 6.92 Å². The maximum absolute atomic E-state index is 11.2. The largest absolute Gasteiger partial charge is 0.417 e. The smallest absolute Gasteiger partial charge is 0.408 e. The molecule has 21 heavy (non-hydrogen) atoms. The van der Waals surface area contributed by atoms with Gasteiger partial charge in [0, 0.05) is 23.6 Å². The van der Waals surface area contributed by atoms with Crippen molar-refractivity contribution >= 4 is 22.4 Å². The van der Waals surface area contributed by atoms with Crippen LogP contribution >= 0.6 is 0 Å². The molecular weight excluding hydrogens is 268 g/mol. The molecule has 3 aromatic heterocycles. The van der Waals surface area contributed by atoms with Crippen molar-refractivity contribution in [3.8, 4) is 11.3 Å². The number of nitrogens with two attached hydrogens (primary N) is 1. The predicted molar refractivity (Wildman–Crippen MR) is 80.2 cm³/mol. The van der Waals surface area contributed by atoms with Crippen molar-refractivity contribution in [3.05, 3.63) is 52.8 Å². The fraction of sp³-hybridized carbons (Fsp3) is 0.0667. The highest BCUT2D eigenvalue weighted by Gasteiger charge is 2.09. The number of hydrogen-bond donors (Lipinski definition) is 2. The Kier molecular flexibility index (Phi) is 2.24. The van der Waals surface area contributed by atoms with Crippen molar-refractivity contribution in [2.24, 2.45) is 0 Å². The highest BCUT2D eigenvalue weighted by atomic mass is 16.4. The van der Waals surface area contributed by atoms with Gasteiger partial charge in [-0.05, 0) is 30.7 Å². The van der Waals surface area contributed by atoms with Crippen LogP contribution in [0.25, 0.3) is 28.0 Å². The van der Waals surface area contributed by atoms with E-state index in [0.717, 1.165) is 22.5 Å². The Morgan fingerprint density at radius 1 is 1.29 bits per heavy atom. The van der Waals surface area contributed by atoms with E-state index in [2.05, 4.69) is 9.97 Å². The summed E-state index contributed by atoms with van der Waals surface area (Å²) in [5.74, 6) is -0.458. The summed E-state index contributed by atoms with van der Waals surface area (Å²) in [6.45, 7) is 1.97. The number of H-pyrrole nitrogens is 1. The summed E-state index contributed by atoms with van der Waals surface area (Å²) in [6.07, 6.45) is 3.73. The minimum atomic E-state index is -0.458. The monoisotopic (exact) mass is 280 g/mol. The zero-order valence-corrected chi connectivity index (χ0v) is 11.3. The Hall–Kier alpha value is -3.02. The molecule has 3 heterocycles. The van der Waals surface area contributed by atoms with Gasteiger partial charge >= 0.3 is 5.76 Å². The third-order valence-corrected chi connectivity index (χ3v) is 3.47. The van der Waals surface area contributed by atoms with Crippen LogP contribution in [0.1, 0.15) is 5.56 Å². The molecule has 6 nitrogen and oxygen atoms in total. The lowest BCUT2D eigenvalue weighted by molar-refractivity contribution is 0.555. The number of benzene rings is 1. The van der Waals surface area contributed by atoms with Gasteiger partial charge in [0.2, 0.25) is 0 Å². The van der Waals surface area contributed by atoms with Gasteiger partial charge in [-0.3, -0.25) is 4.98 Å². The van der Waals surface area contributed by atoms with E-state index in [1.165, 1.54) is 0 Å². The molecule has 0 spiro atoms. The van der Waals surface area contributed by atoms with Gasteiger partial charge in [-0.2, -0.15) is 0 Å². The quantitative estimate of drug-likeness (QED) is 0.560. The second-order valence-electron chi connectivity index (χ2n) is 5.04. The van der Waals surface area contributed by atoms with Crippen molar-refractivity contribution in [1.82, 2.24) is 14.4 Å². The van der Waals surface area contributed by atoms with E-state index in [1.54, 1.807) is 12.1 Å². The van der Waals surface area contributed by atoms with Gasteiger partial charge in [-0.1, -0.05) is 6.07 Å². The van der Waals surface area contributed by atoms with Crippen LogP contribution in [-0.2, 0) is 0 Å². The van der Waals surface area contributed by atoms with Crippen molar-refractivity contribution < 1.29 is 4.42 Å². The van der Waals surface area contributed by atoms with E-state index in [0.29, 0.717) is 16.8 Å². The standard InChI is InChI=1S/C15H12N4O2/c1-8-4-10(16)6-19-7-12(17-14(8)19)9-2-3-11-13(5-9)21-15(20)18-11/h2-7H,16H2,1H3,(H,18,20). The SMILES string of the molecule is Cc1cc(N)cn2cc(-c3ccc4[nH]c(=O)oc4c3)nc12. The molecule has 0 amide bonds. The maximum atomic E-state index is 11.2. The van der Waals surface area contributed by atoms with Crippen LogP contribution in [0.5, 0.6) is 0 Å². The molecule has 0 saturated carbocycles. The van der Waals surface area contributed by atoms with Crippen LogP contribution < -0.4 is 11.5 Å². The summed E-state index contributed by atoms with van der Waals surface area (Å²) < 4.78 is 6.98. The predicted octanol–water partition coefficient (Wildman–Crippen LogP) is 2.33. The molecule has 6 heteroatoms. The molecule has 1 aromatic carbocycles. The number of nitrogens with one attached hydrogen (secondary N) is 1. The summed E-state index contributed by atoms with van der Waals surface area (Å²) in [5, 5.41) is 0. The number of aryl methyl sites for hydroxylation is 1. The molecule has 0 radical (unpaired) electrons. The lowest BCUT2D eigenvalue weighted by Gasteiger charge is -1.98. The third-order valence-electron chi connectivity index (χ3n) is 3.47. The first-order valence-corrected chi connectivity index (χ1v) is 6.48. The summed E-state index contributed by atoms with van der Waals surface area (Å²) in [5.41, 5.74) is 11.3. The van der Waals surface area contributed by atoms with Gasteiger partial charge in [0.15, 0.2) is 5.58 Å². The van der Waals surface area contributed by atoms with Crippen LogP contribution in [0.3, 0.4) is 0 Å². The topological polar surface area (TPSA) is 89.3 Å². The Morgan fingerprint density at radius 2 is 2.14 bits per heavy atom. The minimum absolute atomic E-state index is 0.458. The highest BCUT2D eigenvalue weighted by Crippen LogP contribution is 2.24. The normalized spacial score (nSPS) is 11.5. The molecule has 0 bridgehead atoms. The number of hydrogen-bond acceptors (Lipinski definition) is 4. The summed E-state index contributed by atoms with van der Waals surface area (Å²) in [6, 6.07) is 7.39. The number of oxazole rings is 1. The second kappa shape index (κ2) is 3.99. The number of aromatic nitrogens is 3. The minimum Gasteiger partial charge on any atom is -0.408 e. The summed E-state index contributed by atoms with van der Waals surface area (Å²) >= 11 is 0. The molecule has 4 aromatic rings. The summed E-state index contributed by atoms with van der Waals surface area (Å²) in [4.78, 5) is 18.4.